The standard InChI is InChI=1S/C25H14N2/c1-2-8-16-15(7-1)17-10-5-11-19-23(17)25-22(16)18-9-3-4-12-20(18)27(25)21-13-6-14-26-24(19)21/h1-14H. The number of pyridine rings is 2. The number of hydrogen-bond donors (Lipinski definition) is 0. The average Bonchev–Trinajstić information content (AvgIpc) is 3.10. The Labute approximate surface area is 154 Å². The molecule has 0 atom stereocenters. The highest BCUT2D eigenvalue weighted by Gasteiger charge is 2.20. The van der Waals surface area contributed by atoms with E-state index in [-0.39, 0.29) is 0 Å². The van der Waals surface area contributed by atoms with E-state index < -0.39 is 0 Å². The predicted octanol–water partition coefficient (Wildman–Crippen LogP) is 6.54. The molecule has 0 aliphatic heterocycles. The highest BCUT2D eigenvalue weighted by atomic mass is 14.9. The second-order valence-corrected chi connectivity index (χ2v) is 7.22. The normalized spacial score (nSPS) is 12.4. The summed E-state index contributed by atoms with van der Waals surface area (Å²) in [4.78, 5) is 4.78. The molecular weight excluding hydrogens is 328 g/mol. The second-order valence-electron chi connectivity index (χ2n) is 7.22. The fraction of sp³-hybridized carbons (Fsp3) is 0. The van der Waals surface area contributed by atoms with Gasteiger partial charge >= 0.3 is 0 Å². The summed E-state index contributed by atoms with van der Waals surface area (Å²) in [6.07, 6.45) is 1.90. The van der Waals surface area contributed by atoms with Crippen LogP contribution in [-0.2, 0) is 0 Å². The first-order valence-corrected chi connectivity index (χ1v) is 9.26. The lowest BCUT2D eigenvalue weighted by atomic mass is 9.94. The van der Waals surface area contributed by atoms with Crippen molar-refractivity contribution in [1.29, 1.82) is 0 Å². The molecule has 0 radical (unpaired) electrons. The molecule has 0 N–H and O–H groups in total. The van der Waals surface area contributed by atoms with Crippen molar-refractivity contribution >= 4 is 59.8 Å². The van der Waals surface area contributed by atoms with Gasteiger partial charge in [-0.05, 0) is 34.4 Å². The quantitative estimate of drug-likeness (QED) is 0.226. The van der Waals surface area contributed by atoms with Crippen LogP contribution in [0.15, 0.2) is 85.1 Å². The molecule has 7 aromatic rings. The maximum Gasteiger partial charge on any atom is 0.0949 e. The maximum absolute atomic E-state index is 4.78. The van der Waals surface area contributed by atoms with Crippen LogP contribution in [0, 0.1) is 0 Å². The third-order valence-corrected chi connectivity index (χ3v) is 5.94. The molecule has 0 saturated carbocycles. The Bertz CT molecular complexity index is 1550. The van der Waals surface area contributed by atoms with E-state index in [2.05, 4.69) is 77.2 Å². The summed E-state index contributed by atoms with van der Waals surface area (Å²) in [6, 6.07) is 28.4. The first-order valence-electron chi connectivity index (χ1n) is 9.26. The minimum atomic E-state index is 1.06. The van der Waals surface area contributed by atoms with E-state index in [1.807, 2.05) is 12.3 Å². The molecule has 3 aromatic heterocycles. The van der Waals surface area contributed by atoms with Crippen LogP contribution in [0.1, 0.15) is 0 Å². The molecule has 2 heteroatoms. The Hall–Kier alpha value is -3.65. The molecule has 0 aliphatic carbocycles. The van der Waals surface area contributed by atoms with E-state index in [9.17, 15) is 0 Å². The van der Waals surface area contributed by atoms with Gasteiger partial charge in [0.2, 0.25) is 0 Å². The number of nitrogens with zero attached hydrogens (tertiary/aromatic N) is 2. The molecule has 0 fully saturated rings. The van der Waals surface area contributed by atoms with Crippen LogP contribution in [0.5, 0.6) is 0 Å². The second kappa shape index (κ2) is 4.54. The lowest BCUT2D eigenvalue weighted by Crippen LogP contribution is -1.94. The van der Waals surface area contributed by atoms with Crippen LogP contribution in [0.4, 0.5) is 0 Å². The van der Waals surface area contributed by atoms with Crippen molar-refractivity contribution in [3.8, 4) is 0 Å². The van der Waals surface area contributed by atoms with Gasteiger partial charge in [-0.25, -0.2) is 0 Å². The van der Waals surface area contributed by atoms with Gasteiger partial charge in [-0.2, -0.15) is 0 Å². The summed E-state index contributed by atoms with van der Waals surface area (Å²) >= 11 is 0. The predicted molar refractivity (Wildman–Crippen MR) is 114 cm³/mol. The van der Waals surface area contributed by atoms with Crippen LogP contribution in [0.25, 0.3) is 59.8 Å². The van der Waals surface area contributed by atoms with Gasteiger partial charge < -0.3 is 4.40 Å². The number of para-hydroxylation sites is 1. The molecule has 124 valence electrons. The zero-order chi connectivity index (χ0) is 17.5. The first-order chi connectivity index (χ1) is 13.4. The maximum atomic E-state index is 4.78. The van der Waals surface area contributed by atoms with Crippen LogP contribution >= 0.6 is 0 Å². The number of aromatic nitrogens is 2. The Morgan fingerprint density at radius 3 is 2.04 bits per heavy atom. The molecule has 2 nitrogen and oxygen atoms in total. The summed E-state index contributed by atoms with van der Waals surface area (Å²) in [5.74, 6) is 0. The Kier molecular flexibility index (Phi) is 2.28. The zero-order valence-corrected chi connectivity index (χ0v) is 14.5. The zero-order valence-electron chi connectivity index (χ0n) is 14.5. The lowest BCUT2D eigenvalue weighted by Gasteiger charge is -2.14. The van der Waals surface area contributed by atoms with Gasteiger partial charge in [-0.15, -0.1) is 0 Å². The van der Waals surface area contributed by atoms with Crippen LogP contribution in [0.3, 0.4) is 0 Å². The van der Waals surface area contributed by atoms with Gasteiger partial charge in [0.25, 0.3) is 0 Å². The van der Waals surface area contributed by atoms with Crippen molar-refractivity contribution in [3.63, 3.8) is 0 Å². The minimum Gasteiger partial charge on any atom is -0.306 e. The molecule has 0 bridgehead atoms. The molecular formula is C25H14N2. The molecule has 0 aliphatic rings. The van der Waals surface area contributed by atoms with Crippen molar-refractivity contribution in [2.75, 3.05) is 0 Å². The Balaban J connectivity index is 2.06. The molecule has 0 saturated heterocycles. The van der Waals surface area contributed by atoms with E-state index >= 15 is 0 Å². The van der Waals surface area contributed by atoms with E-state index in [1.54, 1.807) is 0 Å². The van der Waals surface area contributed by atoms with Crippen molar-refractivity contribution in [2.24, 2.45) is 0 Å². The number of benzene rings is 4. The summed E-state index contributed by atoms with van der Waals surface area (Å²) < 4.78 is 2.41. The first kappa shape index (κ1) is 13.5. The van der Waals surface area contributed by atoms with Gasteiger partial charge in [0.15, 0.2) is 0 Å². The summed E-state index contributed by atoms with van der Waals surface area (Å²) in [5, 5.41) is 9.12. The van der Waals surface area contributed by atoms with Crippen molar-refractivity contribution < 1.29 is 0 Å². The fourth-order valence-electron chi connectivity index (χ4n) is 4.95. The summed E-state index contributed by atoms with van der Waals surface area (Å²) in [6.45, 7) is 0. The lowest BCUT2D eigenvalue weighted by molar-refractivity contribution is 1.31. The number of rotatable bonds is 0. The molecule has 0 spiro atoms. The molecule has 7 rings (SSSR count). The largest absolute Gasteiger partial charge is 0.306 e. The molecule has 0 unspecified atom stereocenters. The molecule has 3 heterocycles. The summed E-state index contributed by atoms with van der Waals surface area (Å²) in [7, 11) is 0. The van der Waals surface area contributed by atoms with E-state index in [4.69, 9.17) is 4.98 Å². The third kappa shape index (κ3) is 1.47. The Morgan fingerprint density at radius 1 is 0.519 bits per heavy atom. The summed E-state index contributed by atoms with van der Waals surface area (Å²) in [5.41, 5.74) is 4.78. The van der Waals surface area contributed by atoms with Crippen LogP contribution < -0.4 is 0 Å². The number of hydrogen-bond acceptors (Lipinski definition) is 1. The van der Waals surface area contributed by atoms with Crippen molar-refractivity contribution in [1.82, 2.24) is 9.38 Å². The minimum absolute atomic E-state index is 1.06. The highest BCUT2D eigenvalue weighted by molar-refractivity contribution is 6.37. The van der Waals surface area contributed by atoms with E-state index in [0.717, 1.165) is 5.52 Å². The van der Waals surface area contributed by atoms with Crippen molar-refractivity contribution in [2.45, 2.75) is 0 Å². The van der Waals surface area contributed by atoms with Crippen LogP contribution in [-0.4, -0.2) is 9.38 Å². The third-order valence-electron chi connectivity index (χ3n) is 5.94. The van der Waals surface area contributed by atoms with Gasteiger partial charge in [-0.1, -0.05) is 60.7 Å². The number of fused-ring (bicyclic) bond motifs is 9. The van der Waals surface area contributed by atoms with Gasteiger partial charge in [0, 0.05) is 27.7 Å². The van der Waals surface area contributed by atoms with Gasteiger partial charge in [0.05, 0.1) is 22.1 Å². The monoisotopic (exact) mass is 342 g/mol. The molecule has 27 heavy (non-hydrogen) atoms. The fourth-order valence-corrected chi connectivity index (χ4v) is 4.95. The SMILES string of the molecule is c1ccc2c(c1)c1cccc3c4ncccc4n4c5ccccc5c2c4c13. The van der Waals surface area contributed by atoms with Gasteiger partial charge in [0.1, 0.15) is 0 Å². The topological polar surface area (TPSA) is 17.3 Å². The molecule has 0 amide bonds. The average molecular weight is 342 g/mol. The Morgan fingerprint density at radius 2 is 1.15 bits per heavy atom. The smallest absolute Gasteiger partial charge is 0.0949 e. The molecule has 4 aromatic carbocycles. The highest BCUT2D eigenvalue weighted by Crippen LogP contribution is 2.44. The van der Waals surface area contributed by atoms with Crippen LogP contribution in [0.2, 0.25) is 0 Å². The van der Waals surface area contributed by atoms with E-state index in [1.165, 1.54) is 54.3 Å². The van der Waals surface area contributed by atoms with Crippen molar-refractivity contribution in [3.05, 3.63) is 85.1 Å². The van der Waals surface area contributed by atoms with E-state index in [0.29, 0.717) is 0 Å². The van der Waals surface area contributed by atoms with Gasteiger partial charge in [-0.3, -0.25) is 4.98 Å².